The molecule has 0 aromatic heterocycles. The molecule has 30 heavy (non-hydrogen) atoms. The number of ether oxygens (including phenoxy) is 1. The van der Waals surface area contributed by atoms with Crippen molar-refractivity contribution in [2.45, 2.75) is 136 Å². The van der Waals surface area contributed by atoms with Crippen LogP contribution < -0.4 is 0 Å². The molecule has 1 aliphatic carbocycles. The number of esters is 1. The van der Waals surface area contributed by atoms with Crippen LogP contribution in [0.2, 0.25) is 0 Å². The predicted molar refractivity (Wildman–Crippen MR) is 123 cm³/mol. The van der Waals surface area contributed by atoms with Gasteiger partial charge in [0.15, 0.2) is 0 Å². The van der Waals surface area contributed by atoms with E-state index in [9.17, 15) is 14.7 Å². The lowest BCUT2D eigenvalue weighted by Crippen LogP contribution is -2.35. The molecule has 176 valence electrons. The number of carbonyl (C=O) groups is 2. The van der Waals surface area contributed by atoms with Crippen LogP contribution >= 0.6 is 0 Å². The first kappa shape index (κ1) is 27.0. The lowest BCUT2D eigenvalue weighted by Gasteiger charge is -2.28. The van der Waals surface area contributed by atoms with Gasteiger partial charge in [-0.3, -0.25) is 9.59 Å². The van der Waals surface area contributed by atoms with Crippen molar-refractivity contribution in [2.24, 2.45) is 17.8 Å². The van der Waals surface area contributed by atoms with Gasteiger partial charge >= 0.3 is 11.9 Å². The minimum Gasteiger partial charge on any atom is -0.481 e. The monoisotopic (exact) mass is 424 g/mol. The van der Waals surface area contributed by atoms with Crippen LogP contribution in [0.5, 0.6) is 0 Å². The van der Waals surface area contributed by atoms with E-state index in [1.54, 1.807) is 0 Å². The zero-order valence-electron chi connectivity index (χ0n) is 20.0. The van der Waals surface area contributed by atoms with Crippen LogP contribution in [-0.2, 0) is 14.3 Å². The summed E-state index contributed by atoms with van der Waals surface area (Å²) in [6.07, 6.45) is 18.9. The Morgan fingerprint density at radius 2 is 1.30 bits per heavy atom. The molecule has 0 spiro atoms. The van der Waals surface area contributed by atoms with Gasteiger partial charge in [0.2, 0.25) is 0 Å². The fourth-order valence-corrected chi connectivity index (χ4v) is 4.71. The van der Waals surface area contributed by atoms with E-state index in [0.29, 0.717) is 12.8 Å². The van der Waals surface area contributed by atoms with Crippen molar-refractivity contribution in [2.75, 3.05) is 0 Å². The molecule has 0 radical (unpaired) electrons. The Bertz CT molecular complexity index is 460. The van der Waals surface area contributed by atoms with Crippen molar-refractivity contribution in [1.29, 1.82) is 0 Å². The number of carbonyl (C=O) groups excluding carboxylic acids is 1. The molecular weight excluding hydrogens is 376 g/mol. The van der Waals surface area contributed by atoms with Crippen molar-refractivity contribution >= 4 is 11.9 Å². The van der Waals surface area contributed by atoms with Gasteiger partial charge in [-0.15, -0.1) is 0 Å². The Morgan fingerprint density at radius 3 is 1.80 bits per heavy atom. The van der Waals surface area contributed by atoms with E-state index in [-0.39, 0.29) is 12.1 Å². The van der Waals surface area contributed by atoms with Gasteiger partial charge in [0.05, 0.1) is 11.8 Å². The van der Waals surface area contributed by atoms with Gasteiger partial charge in [-0.05, 0) is 38.0 Å². The quantitative estimate of drug-likeness (QED) is 0.193. The number of carboxylic acids is 1. The number of rotatable bonds is 17. The Morgan fingerprint density at radius 1 is 0.800 bits per heavy atom. The summed E-state index contributed by atoms with van der Waals surface area (Å²) in [6, 6.07) is 0. The maximum absolute atomic E-state index is 12.6. The van der Waals surface area contributed by atoms with E-state index in [0.717, 1.165) is 44.4 Å². The number of hydrogen-bond acceptors (Lipinski definition) is 3. The molecule has 0 aromatic rings. The highest BCUT2D eigenvalue weighted by atomic mass is 16.5. The van der Waals surface area contributed by atoms with E-state index < -0.39 is 17.8 Å². The van der Waals surface area contributed by atoms with E-state index >= 15 is 0 Å². The number of unbranched alkanes of at least 4 members (excludes halogenated alkanes) is 8. The molecule has 0 saturated heterocycles. The lowest BCUT2D eigenvalue weighted by atomic mass is 9.79. The summed E-state index contributed by atoms with van der Waals surface area (Å²) in [5.41, 5.74) is 0. The molecule has 0 amide bonds. The summed E-state index contributed by atoms with van der Waals surface area (Å²) in [5.74, 6) is -1.28. The molecule has 4 heteroatoms. The standard InChI is InChI=1S/C26H48O4/c1-4-16-22(30-26(29)24-20-15-14-19-23(24)25(27)28)18-13-11-9-7-5-6-8-10-12-17-21(2)3/h21-24H,4-20H2,1-3H3,(H,27,28). The fraction of sp³-hybridized carbons (Fsp3) is 0.923. The molecule has 3 atom stereocenters. The Balaban J connectivity index is 2.17. The third kappa shape index (κ3) is 12.0. The summed E-state index contributed by atoms with van der Waals surface area (Å²) >= 11 is 0. The summed E-state index contributed by atoms with van der Waals surface area (Å²) in [4.78, 5) is 24.1. The van der Waals surface area contributed by atoms with Crippen molar-refractivity contribution in [3.63, 3.8) is 0 Å². The van der Waals surface area contributed by atoms with E-state index in [4.69, 9.17) is 4.74 Å². The zero-order valence-corrected chi connectivity index (χ0v) is 20.0. The van der Waals surface area contributed by atoms with Crippen LogP contribution in [0.4, 0.5) is 0 Å². The summed E-state index contributed by atoms with van der Waals surface area (Å²) in [5, 5.41) is 9.41. The third-order valence-corrected chi connectivity index (χ3v) is 6.59. The van der Waals surface area contributed by atoms with Gasteiger partial charge in [0, 0.05) is 0 Å². The molecule has 1 aliphatic rings. The minimum absolute atomic E-state index is 0.0418. The second kappa shape index (κ2) is 16.6. The molecule has 1 saturated carbocycles. The fourth-order valence-electron chi connectivity index (χ4n) is 4.71. The van der Waals surface area contributed by atoms with Crippen LogP contribution in [-0.4, -0.2) is 23.1 Å². The zero-order chi connectivity index (χ0) is 22.2. The van der Waals surface area contributed by atoms with Crippen molar-refractivity contribution < 1.29 is 19.4 Å². The van der Waals surface area contributed by atoms with Crippen molar-refractivity contribution in [3.8, 4) is 0 Å². The Hall–Kier alpha value is -1.06. The molecule has 3 unspecified atom stereocenters. The topological polar surface area (TPSA) is 63.6 Å². The van der Waals surface area contributed by atoms with Gasteiger partial charge in [-0.2, -0.15) is 0 Å². The van der Waals surface area contributed by atoms with E-state index in [1.165, 1.54) is 57.8 Å². The summed E-state index contributed by atoms with van der Waals surface area (Å²) < 4.78 is 5.81. The molecule has 1 rings (SSSR count). The molecular formula is C26H48O4. The van der Waals surface area contributed by atoms with Gasteiger partial charge < -0.3 is 9.84 Å². The summed E-state index contributed by atoms with van der Waals surface area (Å²) in [7, 11) is 0. The highest BCUT2D eigenvalue weighted by Gasteiger charge is 2.37. The SMILES string of the molecule is CCCC(CCCCCCCCCCCC(C)C)OC(=O)C1CCCCC1C(=O)O. The average molecular weight is 425 g/mol. The minimum atomic E-state index is -0.844. The van der Waals surface area contributed by atoms with Crippen LogP contribution in [0, 0.1) is 17.8 Å². The first-order chi connectivity index (χ1) is 14.5. The first-order valence-corrected chi connectivity index (χ1v) is 12.9. The number of aliphatic carboxylic acids is 1. The second-order valence-electron chi connectivity index (χ2n) is 9.84. The summed E-state index contributed by atoms with van der Waals surface area (Å²) in [6.45, 7) is 6.71. The molecule has 1 fully saturated rings. The Labute approximate surface area is 185 Å². The van der Waals surface area contributed by atoms with Crippen molar-refractivity contribution in [3.05, 3.63) is 0 Å². The molecule has 1 N–H and O–H groups in total. The van der Waals surface area contributed by atoms with Gasteiger partial charge in [0.25, 0.3) is 0 Å². The number of carboxylic acid groups (broad SMARTS) is 1. The van der Waals surface area contributed by atoms with Crippen LogP contribution in [0.15, 0.2) is 0 Å². The molecule has 4 nitrogen and oxygen atoms in total. The molecule has 0 bridgehead atoms. The maximum atomic E-state index is 12.6. The highest BCUT2D eigenvalue weighted by Crippen LogP contribution is 2.32. The molecule has 0 heterocycles. The average Bonchev–Trinajstić information content (AvgIpc) is 2.71. The third-order valence-electron chi connectivity index (χ3n) is 6.59. The van der Waals surface area contributed by atoms with E-state index in [1.807, 2.05) is 0 Å². The van der Waals surface area contributed by atoms with Gasteiger partial charge in [-0.25, -0.2) is 0 Å². The second-order valence-corrected chi connectivity index (χ2v) is 9.84. The molecule has 0 aromatic carbocycles. The highest BCUT2D eigenvalue weighted by molar-refractivity contribution is 5.81. The van der Waals surface area contributed by atoms with Crippen LogP contribution in [0.3, 0.4) is 0 Å². The lowest BCUT2D eigenvalue weighted by molar-refractivity contribution is -0.164. The van der Waals surface area contributed by atoms with Gasteiger partial charge in [0.1, 0.15) is 6.10 Å². The predicted octanol–water partition coefficient (Wildman–Crippen LogP) is 7.54. The van der Waals surface area contributed by atoms with Gasteiger partial charge in [-0.1, -0.05) is 97.8 Å². The van der Waals surface area contributed by atoms with Crippen molar-refractivity contribution in [1.82, 2.24) is 0 Å². The van der Waals surface area contributed by atoms with E-state index in [2.05, 4.69) is 20.8 Å². The number of hydrogen-bond donors (Lipinski definition) is 1. The first-order valence-electron chi connectivity index (χ1n) is 12.9. The van der Waals surface area contributed by atoms with Crippen LogP contribution in [0.25, 0.3) is 0 Å². The largest absolute Gasteiger partial charge is 0.481 e. The maximum Gasteiger partial charge on any atom is 0.310 e. The normalized spacial score (nSPS) is 20.3. The smallest absolute Gasteiger partial charge is 0.310 e. The Kier molecular flexibility index (Phi) is 14.9. The van der Waals surface area contributed by atoms with Crippen LogP contribution in [0.1, 0.15) is 130 Å². The molecule has 0 aliphatic heterocycles.